The molecule has 1 aliphatic rings. The molecule has 0 bridgehead atoms. The van der Waals surface area contributed by atoms with Gasteiger partial charge < -0.3 is 19.1 Å². The van der Waals surface area contributed by atoms with Crippen LogP contribution in [-0.4, -0.2) is 53.7 Å². The van der Waals surface area contributed by atoms with Crippen molar-refractivity contribution in [1.29, 1.82) is 0 Å². The first kappa shape index (κ1) is 24.1. The van der Waals surface area contributed by atoms with Crippen LogP contribution in [0.1, 0.15) is 18.4 Å². The molecular formula is C26H25F3N4O3. The van der Waals surface area contributed by atoms with Crippen LogP contribution in [0, 0.1) is 5.92 Å². The van der Waals surface area contributed by atoms with E-state index in [9.17, 15) is 13.2 Å². The van der Waals surface area contributed by atoms with E-state index in [1.165, 1.54) is 24.5 Å². The largest absolute Gasteiger partial charge is 0.493 e. The molecule has 188 valence electrons. The maximum absolute atomic E-state index is 13.3. The number of benzene rings is 2. The van der Waals surface area contributed by atoms with E-state index in [0.717, 1.165) is 38.2 Å². The van der Waals surface area contributed by atoms with Crippen LogP contribution in [0.4, 0.5) is 13.2 Å². The number of methoxy groups -OCH3 is 1. The number of aromatic nitrogens is 3. The normalized spacial score (nSPS) is 16.9. The Kier molecular flexibility index (Phi) is 6.53. The molecule has 1 atom stereocenters. The van der Waals surface area contributed by atoms with E-state index < -0.39 is 11.7 Å². The van der Waals surface area contributed by atoms with Crippen molar-refractivity contribution in [2.75, 3.05) is 33.9 Å². The van der Waals surface area contributed by atoms with Gasteiger partial charge in [0, 0.05) is 36.2 Å². The second-order valence-corrected chi connectivity index (χ2v) is 8.92. The first-order valence-corrected chi connectivity index (χ1v) is 11.6. The molecule has 2 aromatic carbocycles. The Labute approximate surface area is 205 Å². The van der Waals surface area contributed by atoms with Gasteiger partial charge in [-0.15, -0.1) is 0 Å². The van der Waals surface area contributed by atoms with Crippen LogP contribution in [0.2, 0.25) is 0 Å². The van der Waals surface area contributed by atoms with Crippen LogP contribution in [0.15, 0.2) is 48.9 Å². The Morgan fingerprint density at radius 2 is 1.83 bits per heavy atom. The van der Waals surface area contributed by atoms with Gasteiger partial charge in [0.1, 0.15) is 12.1 Å². The van der Waals surface area contributed by atoms with Crippen LogP contribution < -0.4 is 14.2 Å². The Morgan fingerprint density at radius 3 is 2.61 bits per heavy atom. The molecule has 36 heavy (non-hydrogen) atoms. The Hall–Kier alpha value is -3.66. The highest BCUT2D eigenvalue weighted by Crippen LogP contribution is 2.38. The number of hydrogen-bond acceptors (Lipinski definition) is 7. The summed E-state index contributed by atoms with van der Waals surface area (Å²) in [6, 6.07) is 8.75. The molecule has 0 radical (unpaired) electrons. The third-order valence-electron chi connectivity index (χ3n) is 6.31. The van der Waals surface area contributed by atoms with E-state index in [2.05, 4.69) is 26.9 Å². The van der Waals surface area contributed by atoms with Gasteiger partial charge in [-0.2, -0.15) is 13.2 Å². The molecule has 0 N–H and O–H groups in total. The van der Waals surface area contributed by atoms with Gasteiger partial charge in [-0.3, -0.25) is 4.98 Å². The summed E-state index contributed by atoms with van der Waals surface area (Å²) < 4.78 is 57.6. The number of rotatable bonds is 6. The van der Waals surface area contributed by atoms with Crippen LogP contribution in [0.5, 0.6) is 23.1 Å². The fraction of sp³-hybridized carbons (Fsp3) is 0.346. The fourth-order valence-electron chi connectivity index (χ4n) is 4.56. The van der Waals surface area contributed by atoms with Crippen molar-refractivity contribution in [2.45, 2.75) is 19.0 Å². The monoisotopic (exact) mass is 498 g/mol. The standard InChI is InChI=1S/C26H25F3N4O3/c1-33-9-3-4-16(13-33)14-35-24-12-22-19(11-23(24)34-2)25(32-15-31-22)36-17-5-6-18-20(26(27,28)29)7-8-30-21(18)10-17/h5-8,10-12,15-16H,3-4,9,13-14H2,1-2H3. The number of nitrogens with zero attached hydrogens (tertiary/aromatic N) is 4. The Balaban J connectivity index is 1.42. The van der Waals surface area contributed by atoms with Gasteiger partial charge >= 0.3 is 6.18 Å². The van der Waals surface area contributed by atoms with Crippen LogP contribution in [0.3, 0.4) is 0 Å². The predicted octanol–water partition coefficient (Wildman–Crippen LogP) is 5.72. The topological polar surface area (TPSA) is 69.6 Å². The minimum absolute atomic E-state index is 0.00230. The van der Waals surface area contributed by atoms with Crippen molar-refractivity contribution in [3.63, 3.8) is 0 Å². The summed E-state index contributed by atoms with van der Waals surface area (Å²) in [7, 11) is 3.67. The second kappa shape index (κ2) is 9.77. The van der Waals surface area contributed by atoms with E-state index in [1.54, 1.807) is 19.2 Å². The summed E-state index contributed by atoms with van der Waals surface area (Å²) in [4.78, 5) is 15.0. The SMILES string of the molecule is COc1cc2c(Oc3ccc4c(C(F)(F)F)ccnc4c3)ncnc2cc1OCC1CCCN(C)C1. The van der Waals surface area contributed by atoms with Crippen molar-refractivity contribution in [3.05, 3.63) is 54.5 Å². The summed E-state index contributed by atoms with van der Waals surface area (Å²) >= 11 is 0. The van der Waals surface area contributed by atoms with Gasteiger partial charge in [0.25, 0.3) is 0 Å². The number of ether oxygens (including phenoxy) is 3. The van der Waals surface area contributed by atoms with E-state index in [1.807, 2.05) is 0 Å². The average Bonchev–Trinajstić information content (AvgIpc) is 2.86. The van der Waals surface area contributed by atoms with Crippen LogP contribution in [-0.2, 0) is 6.18 Å². The second-order valence-electron chi connectivity index (χ2n) is 8.92. The molecule has 3 heterocycles. The predicted molar refractivity (Wildman–Crippen MR) is 129 cm³/mol. The maximum atomic E-state index is 13.3. The molecule has 7 nitrogen and oxygen atoms in total. The van der Waals surface area contributed by atoms with E-state index in [-0.39, 0.29) is 16.8 Å². The molecule has 1 fully saturated rings. The lowest BCUT2D eigenvalue weighted by molar-refractivity contribution is -0.136. The molecule has 1 unspecified atom stereocenters. The minimum atomic E-state index is -4.48. The van der Waals surface area contributed by atoms with Gasteiger partial charge in [-0.25, -0.2) is 9.97 Å². The zero-order chi connectivity index (χ0) is 25.3. The maximum Gasteiger partial charge on any atom is 0.417 e. The first-order chi connectivity index (χ1) is 17.3. The quantitative estimate of drug-likeness (QED) is 0.337. The third kappa shape index (κ3) is 4.99. The Bertz CT molecular complexity index is 1400. The molecule has 5 rings (SSSR count). The molecular weight excluding hydrogens is 473 g/mol. The number of pyridine rings is 1. The lowest BCUT2D eigenvalue weighted by Crippen LogP contribution is -2.34. The van der Waals surface area contributed by atoms with Gasteiger partial charge in [0.2, 0.25) is 5.88 Å². The Morgan fingerprint density at radius 1 is 1.00 bits per heavy atom. The van der Waals surface area contributed by atoms with Crippen molar-refractivity contribution in [3.8, 4) is 23.1 Å². The summed E-state index contributed by atoms with van der Waals surface area (Å²) in [5, 5.41) is 0.578. The molecule has 10 heteroatoms. The number of halogens is 3. The highest BCUT2D eigenvalue weighted by Gasteiger charge is 2.32. The minimum Gasteiger partial charge on any atom is -0.493 e. The highest BCUT2D eigenvalue weighted by molar-refractivity contribution is 5.87. The smallest absolute Gasteiger partial charge is 0.417 e. The number of piperidine rings is 1. The summed E-state index contributed by atoms with van der Waals surface area (Å²) in [6.45, 7) is 2.66. The van der Waals surface area contributed by atoms with Gasteiger partial charge in [0.05, 0.1) is 35.7 Å². The van der Waals surface area contributed by atoms with E-state index in [0.29, 0.717) is 40.7 Å². The van der Waals surface area contributed by atoms with Crippen molar-refractivity contribution >= 4 is 21.8 Å². The van der Waals surface area contributed by atoms with E-state index >= 15 is 0 Å². The summed E-state index contributed by atoms with van der Waals surface area (Å²) in [5.41, 5.74) is 0.0146. The first-order valence-electron chi connectivity index (χ1n) is 11.6. The lowest BCUT2D eigenvalue weighted by atomic mass is 9.99. The zero-order valence-corrected chi connectivity index (χ0v) is 19.9. The number of hydrogen-bond donors (Lipinski definition) is 0. The van der Waals surface area contributed by atoms with Gasteiger partial charge in [-0.1, -0.05) is 0 Å². The summed E-state index contributed by atoms with van der Waals surface area (Å²) in [6.07, 6.45) is 0.286. The molecule has 4 aromatic rings. The fourth-order valence-corrected chi connectivity index (χ4v) is 4.56. The van der Waals surface area contributed by atoms with Crippen LogP contribution >= 0.6 is 0 Å². The lowest BCUT2D eigenvalue weighted by Gasteiger charge is -2.29. The number of likely N-dealkylation sites (tertiary alicyclic amines) is 1. The number of alkyl halides is 3. The molecule has 0 saturated carbocycles. The van der Waals surface area contributed by atoms with Gasteiger partial charge in [0.15, 0.2) is 11.5 Å². The summed E-state index contributed by atoms with van der Waals surface area (Å²) in [5.74, 6) is 2.08. The van der Waals surface area contributed by atoms with Crippen molar-refractivity contribution in [2.24, 2.45) is 5.92 Å². The molecule has 1 aliphatic heterocycles. The van der Waals surface area contributed by atoms with Gasteiger partial charge in [-0.05, 0) is 50.7 Å². The average molecular weight is 499 g/mol. The molecule has 0 spiro atoms. The highest BCUT2D eigenvalue weighted by atomic mass is 19.4. The van der Waals surface area contributed by atoms with Crippen molar-refractivity contribution < 1.29 is 27.4 Å². The number of fused-ring (bicyclic) bond motifs is 2. The van der Waals surface area contributed by atoms with Crippen molar-refractivity contribution in [1.82, 2.24) is 19.9 Å². The molecule has 1 saturated heterocycles. The van der Waals surface area contributed by atoms with Crippen LogP contribution in [0.25, 0.3) is 21.8 Å². The molecule has 2 aromatic heterocycles. The zero-order valence-electron chi connectivity index (χ0n) is 19.9. The molecule has 0 aliphatic carbocycles. The molecule has 0 amide bonds. The third-order valence-corrected chi connectivity index (χ3v) is 6.31. The van der Waals surface area contributed by atoms with E-state index in [4.69, 9.17) is 14.2 Å².